The van der Waals surface area contributed by atoms with Crippen molar-refractivity contribution in [1.82, 2.24) is 14.9 Å². The van der Waals surface area contributed by atoms with Crippen LogP contribution in [0.1, 0.15) is 67.8 Å². The third-order valence-electron chi connectivity index (χ3n) is 7.64. The largest absolute Gasteiger partial charge is 0.336 e. The maximum absolute atomic E-state index is 9.83. The molecule has 1 atom stereocenters. The minimum absolute atomic E-state index is 0.265. The van der Waals surface area contributed by atoms with E-state index in [4.69, 9.17) is 0 Å². The Morgan fingerprint density at radius 2 is 1.86 bits per heavy atom. The van der Waals surface area contributed by atoms with E-state index in [1.807, 2.05) is 18.6 Å². The third-order valence-corrected chi connectivity index (χ3v) is 7.64. The van der Waals surface area contributed by atoms with Crippen molar-refractivity contribution in [2.45, 2.75) is 57.5 Å². The average Bonchev–Trinajstić information content (AvgIpc) is 3.34. The van der Waals surface area contributed by atoms with Gasteiger partial charge in [-0.25, -0.2) is 4.98 Å². The summed E-state index contributed by atoms with van der Waals surface area (Å²) in [5, 5.41) is 16.0. The van der Waals surface area contributed by atoms with Crippen LogP contribution >= 0.6 is 0 Å². The lowest BCUT2D eigenvalue weighted by Gasteiger charge is -2.25. The fraction of sp³-hybridized carbons (Fsp3) is 0.355. The molecule has 3 aromatic carbocycles. The lowest BCUT2D eigenvalue weighted by molar-refractivity contribution is 0.311. The van der Waals surface area contributed by atoms with Crippen molar-refractivity contribution in [2.75, 3.05) is 0 Å². The molecule has 1 aromatic heterocycles. The Balaban J connectivity index is 1.38. The molecule has 4 aromatic rings. The first-order valence-corrected chi connectivity index (χ1v) is 12.9. The van der Waals surface area contributed by atoms with E-state index in [1.54, 1.807) is 0 Å². The van der Waals surface area contributed by atoms with Crippen molar-refractivity contribution < 1.29 is 0 Å². The molecule has 1 unspecified atom stereocenters. The summed E-state index contributed by atoms with van der Waals surface area (Å²) in [6.45, 7) is 0.754. The number of aromatic nitrogens is 2. The van der Waals surface area contributed by atoms with Crippen LogP contribution in [-0.4, -0.2) is 9.55 Å². The molecule has 0 radical (unpaired) electrons. The molecule has 0 bridgehead atoms. The smallest absolute Gasteiger partial charge is 0.0998 e. The summed E-state index contributed by atoms with van der Waals surface area (Å²) in [7, 11) is 2.08. The summed E-state index contributed by atoms with van der Waals surface area (Å²) < 4.78 is 2.14. The summed E-state index contributed by atoms with van der Waals surface area (Å²) >= 11 is 0. The molecule has 1 heterocycles. The molecule has 1 aliphatic carbocycles. The number of nitrogens with zero attached hydrogens (tertiary/aromatic N) is 3. The van der Waals surface area contributed by atoms with Crippen molar-refractivity contribution in [3.8, 4) is 17.2 Å². The second-order valence-corrected chi connectivity index (χ2v) is 9.96. The second kappa shape index (κ2) is 10.9. The van der Waals surface area contributed by atoms with Crippen molar-refractivity contribution in [1.29, 1.82) is 5.26 Å². The van der Waals surface area contributed by atoms with Crippen LogP contribution in [0, 0.1) is 17.2 Å². The van der Waals surface area contributed by atoms with Crippen molar-refractivity contribution in [2.24, 2.45) is 13.0 Å². The number of imidazole rings is 1. The van der Waals surface area contributed by atoms with Crippen molar-refractivity contribution >= 4 is 10.8 Å². The van der Waals surface area contributed by atoms with Gasteiger partial charge in [-0.05, 0) is 52.8 Å². The molecule has 5 rings (SSSR count). The number of fused-ring (bicyclic) bond motifs is 1. The van der Waals surface area contributed by atoms with Crippen LogP contribution in [0.2, 0.25) is 0 Å². The Morgan fingerprint density at radius 3 is 2.66 bits per heavy atom. The first-order valence-electron chi connectivity index (χ1n) is 12.9. The highest BCUT2D eigenvalue weighted by atomic mass is 15.1. The number of aryl methyl sites for hydroxylation is 1. The predicted molar refractivity (Wildman–Crippen MR) is 143 cm³/mol. The van der Waals surface area contributed by atoms with E-state index >= 15 is 0 Å². The molecule has 35 heavy (non-hydrogen) atoms. The maximum atomic E-state index is 9.83. The fourth-order valence-corrected chi connectivity index (χ4v) is 5.66. The number of rotatable bonds is 8. The van der Waals surface area contributed by atoms with E-state index in [1.165, 1.54) is 60.6 Å². The van der Waals surface area contributed by atoms with Crippen molar-refractivity contribution in [3.05, 3.63) is 90.0 Å². The Labute approximate surface area is 208 Å². The summed E-state index contributed by atoms with van der Waals surface area (Å²) in [6.07, 6.45) is 13.2. The highest BCUT2D eigenvalue weighted by Crippen LogP contribution is 2.33. The number of nitrogens with one attached hydrogen (secondary N) is 1. The molecule has 1 saturated carbocycles. The normalized spacial score (nSPS) is 15.2. The van der Waals surface area contributed by atoms with Crippen LogP contribution in [0.3, 0.4) is 0 Å². The van der Waals surface area contributed by atoms with Gasteiger partial charge >= 0.3 is 0 Å². The van der Waals surface area contributed by atoms with E-state index in [-0.39, 0.29) is 6.04 Å². The Morgan fingerprint density at radius 1 is 1.03 bits per heavy atom. The average molecular weight is 463 g/mol. The van der Waals surface area contributed by atoms with Crippen LogP contribution in [-0.2, 0) is 13.6 Å². The number of nitriles is 1. The highest BCUT2D eigenvalue weighted by Gasteiger charge is 2.19. The molecule has 1 N–H and O–H groups in total. The van der Waals surface area contributed by atoms with E-state index < -0.39 is 0 Å². The summed E-state index contributed by atoms with van der Waals surface area (Å²) in [6, 6.07) is 23.6. The monoisotopic (exact) mass is 462 g/mol. The van der Waals surface area contributed by atoms with Gasteiger partial charge in [0.25, 0.3) is 0 Å². The lowest BCUT2D eigenvalue weighted by Crippen LogP contribution is -2.24. The van der Waals surface area contributed by atoms with Gasteiger partial charge in [0.2, 0.25) is 0 Å². The van der Waals surface area contributed by atoms with Crippen LogP contribution in [0.25, 0.3) is 21.9 Å². The van der Waals surface area contributed by atoms with Crippen LogP contribution in [0.5, 0.6) is 0 Å². The first kappa shape index (κ1) is 23.3. The van der Waals surface area contributed by atoms with E-state index in [0.717, 1.165) is 30.0 Å². The van der Waals surface area contributed by atoms with Gasteiger partial charge in [-0.3, -0.25) is 0 Å². The molecule has 4 heteroatoms. The maximum Gasteiger partial charge on any atom is 0.0998 e. The number of hydrogen-bond acceptors (Lipinski definition) is 3. The number of hydrogen-bond donors (Lipinski definition) is 1. The molecule has 1 fully saturated rings. The van der Waals surface area contributed by atoms with Crippen LogP contribution in [0.15, 0.2) is 73.2 Å². The van der Waals surface area contributed by atoms with Crippen LogP contribution in [0.4, 0.5) is 0 Å². The van der Waals surface area contributed by atoms with Crippen molar-refractivity contribution in [3.63, 3.8) is 0 Å². The zero-order valence-corrected chi connectivity index (χ0v) is 20.6. The SMILES string of the molecule is Cn1cncc1C(CCC1CCCCC1)NCc1ccc(C#N)c(-c2cccc3ccccc23)c1. The lowest BCUT2D eigenvalue weighted by atomic mass is 9.85. The molecule has 1 aliphatic rings. The van der Waals surface area contributed by atoms with E-state index in [9.17, 15) is 5.26 Å². The molecule has 178 valence electrons. The number of benzene rings is 3. The topological polar surface area (TPSA) is 53.6 Å². The molecule has 0 spiro atoms. The minimum atomic E-state index is 0.265. The minimum Gasteiger partial charge on any atom is -0.336 e. The van der Waals surface area contributed by atoms with Gasteiger partial charge in [-0.2, -0.15) is 5.26 Å². The van der Waals surface area contributed by atoms with Gasteiger partial charge in [0.1, 0.15) is 0 Å². The Bertz CT molecular complexity index is 1320. The summed E-state index contributed by atoms with van der Waals surface area (Å²) in [5.41, 5.74) is 5.26. The standard InChI is InChI=1S/C31H34N4/c1-35-22-33-21-31(35)30(17-15-23-8-3-2-4-9-23)34-20-24-14-16-26(19-32)29(18-24)28-13-7-11-25-10-5-6-12-27(25)28/h5-7,10-14,16,18,21-23,30,34H,2-4,8-9,15,17,20H2,1H3. The molecular weight excluding hydrogens is 428 g/mol. The molecular formula is C31H34N4. The fourth-order valence-electron chi connectivity index (χ4n) is 5.66. The van der Waals surface area contributed by atoms with E-state index in [2.05, 4.69) is 82.6 Å². The second-order valence-electron chi connectivity index (χ2n) is 9.96. The van der Waals surface area contributed by atoms with Gasteiger partial charge in [-0.1, -0.05) is 80.6 Å². The molecule has 4 nitrogen and oxygen atoms in total. The Kier molecular flexibility index (Phi) is 7.25. The van der Waals surface area contributed by atoms with Gasteiger partial charge in [0, 0.05) is 31.4 Å². The molecule has 0 aliphatic heterocycles. The van der Waals surface area contributed by atoms with Gasteiger partial charge in [0.15, 0.2) is 0 Å². The zero-order valence-electron chi connectivity index (χ0n) is 20.6. The van der Waals surface area contributed by atoms with Gasteiger partial charge in [-0.15, -0.1) is 0 Å². The van der Waals surface area contributed by atoms with Gasteiger partial charge < -0.3 is 9.88 Å². The van der Waals surface area contributed by atoms with Crippen LogP contribution < -0.4 is 5.32 Å². The molecule has 0 amide bonds. The Hall–Kier alpha value is -3.42. The highest BCUT2D eigenvalue weighted by molar-refractivity contribution is 5.97. The third kappa shape index (κ3) is 5.31. The van der Waals surface area contributed by atoms with E-state index in [0.29, 0.717) is 5.56 Å². The molecule has 0 saturated heterocycles. The quantitative estimate of drug-likeness (QED) is 0.299. The summed E-state index contributed by atoms with van der Waals surface area (Å²) in [4.78, 5) is 4.38. The zero-order chi connectivity index (χ0) is 24.0. The summed E-state index contributed by atoms with van der Waals surface area (Å²) in [5.74, 6) is 0.856. The predicted octanol–water partition coefficient (Wildman–Crippen LogP) is 7.30. The first-order chi connectivity index (χ1) is 17.2. The van der Waals surface area contributed by atoms with Gasteiger partial charge in [0.05, 0.1) is 23.7 Å².